The van der Waals surface area contributed by atoms with Crippen molar-refractivity contribution >= 4 is 108 Å². The summed E-state index contributed by atoms with van der Waals surface area (Å²) in [6, 6.07) is -3.73. The van der Waals surface area contributed by atoms with Gasteiger partial charge in [0.25, 0.3) is 0 Å². The molecule has 39 heteroatoms. The zero-order chi connectivity index (χ0) is 94.1. The third kappa shape index (κ3) is 26.7. The molecule has 6 fully saturated rings. The Labute approximate surface area is 769 Å². The summed E-state index contributed by atoms with van der Waals surface area (Å²) in [7, 11) is 8.13. The molecule has 8 rings (SSSR count). The van der Waals surface area contributed by atoms with E-state index in [1.165, 1.54) is 56.8 Å². The van der Waals surface area contributed by atoms with E-state index in [9.17, 15) is 73.8 Å². The first-order chi connectivity index (χ1) is 59.8. The largest absolute Gasteiger partial charge is 0.492 e. The number of hydrogen-bond acceptors (Lipinski definition) is 32. The zero-order valence-corrected chi connectivity index (χ0v) is 80.6. The minimum absolute atomic E-state index is 0.00198. The van der Waals surface area contributed by atoms with Crippen LogP contribution in [0.25, 0.3) is 0 Å². The van der Waals surface area contributed by atoms with Crippen LogP contribution in [-0.4, -0.2) is 281 Å². The topological polar surface area (TPSA) is 493 Å². The van der Waals surface area contributed by atoms with Crippen LogP contribution in [0.1, 0.15) is 190 Å². The smallest absolute Gasteiger partial charge is 0.407 e. The van der Waals surface area contributed by atoms with Gasteiger partial charge in [0.2, 0.25) is 29.0 Å². The van der Waals surface area contributed by atoms with E-state index in [-0.39, 0.29) is 123 Å². The Morgan fingerprint density at radius 3 is 2.12 bits per heavy atom. The van der Waals surface area contributed by atoms with Crippen LogP contribution in [0.3, 0.4) is 0 Å². The number of benzene rings is 1. The fourth-order valence-corrected chi connectivity index (χ4v) is 22.0. The Balaban J connectivity index is 1.01. The van der Waals surface area contributed by atoms with E-state index in [0.717, 1.165) is 11.8 Å². The maximum absolute atomic E-state index is 14.7. The molecule has 3 unspecified atom stereocenters. The van der Waals surface area contributed by atoms with Gasteiger partial charge in [-0.3, -0.25) is 33.6 Å². The standard InChI is InChI=1S/C88H132IN7O28S3/c1-20-91-57-42-116-63(40-62(57)112-16)121-75-70(103)68(96-124-64-39-59(100)77(49(9)117-64)126-80(108)65-46(6)67(89)73(76(115-19)72(65)113-17)122-81-71(104)74(114-18)69(102)48(8)119-81)47(7)118-82(75)120-61-28-23-25-44(4)31-33-87-55(37-45(5)97)60(101)41-88(87,111)53(66(61)87)32-36-125-127-86(14,15)54(79(106)107)30-29-51(26-24-35-92-83(90)109)95-78(105)52(43(2)3)38-58(99)56(94-50(10)98)27-21-22-34-93-84(110)123-85(11,12)13/h25,32,43,47-49,51-52,54-57,59,61-64,66,68-71,74-75,77,81-82,91,96,100,102-104,111H,20-22,24,26-27,29-30,34-42H2,1-19H3,(H,93,110)(H,94,98)(H,95,105)(H,106,107)(H3,90,92,109)/b44-25-,53-32+/t47-,48+,49-,51+,52+,54-,55?,56+,57+,59+,61+,62+,63+,64+,66?,68-,69+,70+,71-,74-,75-,77-,81+,82+,87?,88+/m1/s1. The number of aliphatic hydroxyl groups is 5. The molecule has 7 aliphatic rings. The van der Waals surface area contributed by atoms with E-state index in [0.29, 0.717) is 46.1 Å². The van der Waals surface area contributed by atoms with Crippen LogP contribution in [0.2, 0.25) is 0 Å². The quantitative estimate of drug-likeness (QED) is 0.00824. The molecule has 14 N–H and O–H groups in total. The number of halogens is 1. The van der Waals surface area contributed by atoms with Crippen LogP contribution >= 0.6 is 55.9 Å². The van der Waals surface area contributed by atoms with E-state index in [1.807, 2.05) is 29.5 Å². The van der Waals surface area contributed by atoms with Gasteiger partial charge < -0.3 is 125 Å². The molecule has 1 aromatic rings. The highest BCUT2D eigenvalue weighted by Crippen LogP contribution is 2.70. The predicted molar refractivity (Wildman–Crippen MR) is 480 cm³/mol. The summed E-state index contributed by atoms with van der Waals surface area (Å²) in [5.41, 5.74) is 5.22. The van der Waals surface area contributed by atoms with Crippen molar-refractivity contribution in [3.8, 4) is 40.9 Å². The first-order valence-corrected chi connectivity index (χ1v) is 47.5. The number of urea groups is 1. The molecule has 0 bridgehead atoms. The summed E-state index contributed by atoms with van der Waals surface area (Å²) in [5, 5.41) is 84.3. The van der Waals surface area contributed by atoms with E-state index in [2.05, 4.69) is 55.7 Å². The number of carboxylic acid groups (broad SMARTS) is 1. The number of carbonyl (C=O) groups excluding carboxylic acids is 8. The molecule has 4 saturated heterocycles. The second-order valence-corrected chi connectivity index (χ2v) is 40.6. The van der Waals surface area contributed by atoms with Gasteiger partial charge in [0.1, 0.15) is 59.4 Å². The van der Waals surface area contributed by atoms with Crippen LogP contribution in [0, 0.1) is 69.2 Å². The normalized spacial score (nSPS) is 31.7. The van der Waals surface area contributed by atoms with E-state index >= 15 is 0 Å². The van der Waals surface area contributed by atoms with Crippen LogP contribution < -0.4 is 52.0 Å². The zero-order valence-electron chi connectivity index (χ0n) is 76.0. The van der Waals surface area contributed by atoms with Crippen molar-refractivity contribution in [2.45, 2.75) is 319 Å². The third-order valence-electron chi connectivity index (χ3n) is 24.2. The van der Waals surface area contributed by atoms with Gasteiger partial charge in [-0.05, 0) is 173 Å². The number of Topliss-reactive ketones (excluding diaryl/α,β-unsaturated/α-hetero) is 3. The first-order valence-electron chi connectivity index (χ1n) is 43.2. The highest BCUT2D eigenvalue weighted by molar-refractivity contribution is 14.1. The molecule has 2 saturated carbocycles. The number of ketones is 3. The molecule has 0 aromatic heterocycles. The number of alkyl carbamates (subject to hydrolysis) is 1. The molecule has 3 aliphatic carbocycles. The van der Waals surface area contributed by atoms with Gasteiger partial charge >= 0.3 is 18.1 Å². The lowest BCUT2D eigenvalue weighted by Gasteiger charge is -2.60. The van der Waals surface area contributed by atoms with Crippen molar-refractivity contribution in [3.05, 3.63) is 38.0 Å². The Kier molecular flexibility index (Phi) is 39.8. The van der Waals surface area contributed by atoms with Crippen molar-refractivity contribution in [1.29, 1.82) is 0 Å². The number of aliphatic hydroxyl groups excluding tert-OH is 4. The molecule has 712 valence electrons. The Morgan fingerprint density at radius 1 is 0.803 bits per heavy atom. The monoisotopic (exact) mass is 1960 g/mol. The van der Waals surface area contributed by atoms with Crippen LogP contribution in [0.15, 0.2) is 23.3 Å². The maximum Gasteiger partial charge on any atom is 0.407 e. The molecule has 26 atom stereocenters. The van der Waals surface area contributed by atoms with Gasteiger partial charge in [0.15, 0.2) is 36.2 Å². The number of ether oxygens (including phenoxy) is 12. The second-order valence-electron chi connectivity index (χ2n) is 35.3. The minimum Gasteiger partial charge on any atom is -0.492 e. The number of carbonyl (C=O) groups is 9. The summed E-state index contributed by atoms with van der Waals surface area (Å²) in [6.45, 7) is 26.4. The summed E-state index contributed by atoms with van der Waals surface area (Å²) in [4.78, 5) is 128. The number of aliphatic carboxylic acids is 1. The number of nitrogens with one attached hydrogen (secondary N) is 6. The van der Waals surface area contributed by atoms with E-state index in [1.54, 1.807) is 102 Å². The number of allylic oxidation sites excluding steroid dienone is 2. The lowest BCUT2D eigenvalue weighted by Crippen LogP contribution is -2.69. The SMILES string of the molecule is CCN[C@H]1CO[C@@H](O[C@H]2[C@H](O[C@H]3C#C/C=C(/C)C#CC45C(CC(C)=O)C(=O)C[C@]4(O)/C(=C/CSSC(C)(C)[C@H](CC[C@H](CCCNC(N)=O)NC(=O)[C@@H](CC(=O)[C@H](CCCCNC(=O)OC(C)(C)C)NC(C)=O)C(C)C)C(=O)O)C35)O[C@H](C)[C@@H](NO[C@H]3C[C@H](O)[C@H](SC(=O)c4c(C)c(I)c(O[C@@H]5O[C@@H](C)[C@H](O)[C@@H](OC)[C@H]5O)c(OC)c4OC)[C@@H](C)O3)[C@@H]2O)C[C@@H]1OC. The third-order valence-corrected chi connectivity index (χ3v) is 30.1. The second kappa shape index (κ2) is 47.6. The molecular formula is C88H132IN7O28S3. The van der Waals surface area contributed by atoms with Crippen molar-refractivity contribution in [2.24, 2.45) is 40.7 Å². The van der Waals surface area contributed by atoms with Gasteiger partial charge in [-0.25, -0.2) is 9.59 Å². The molecular weight excluding hydrogens is 1830 g/mol. The molecule has 4 heterocycles. The van der Waals surface area contributed by atoms with Crippen molar-refractivity contribution in [2.75, 3.05) is 60.4 Å². The molecule has 127 heavy (non-hydrogen) atoms. The van der Waals surface area contributed by atoms with Gasteiger partial charge in [-0.2, -0.15) is 5.48 Å². The number of methoxy groups -OCH3 is 4. The number of unbranched alkanes of at least 4 members (excludes halogenated alkanes) is 1. The number of hydrogen-bond donors (Lipinski definition) is 13. The molecule has 1 spiro atoms. The number of rotatable bonds is 44. The lowest BCUT2D eigenvalue weighted by molar-refractivity contribution is -0.342. The highest BCUT2D eigenvalue weighted by Gasteiger charge is 2.78. The number of thioether (sulfide) groups is 1. The van der Waals surface area contributed by atoms with Crippen LogP contribution in [0.5, 0.6) is 17.2 Å². The maximum atomic E-state index is 14.7. The molecule has 4 aliphatic heterocycles. The number of nitrogens with two attached hydrogens (primary N) is 1. The first kappa shape index (κ1) is 106. The Hall–Kier alpha value is -6.01. The number of hydroxylamine groups is 1. The summed E-state index contributed by atoms with van der Waals surface area (Å²) >= 11 is 2.79. The number of primary amides is 1. The number of amides is 5. The highest BCUT2D eigenvalue weighted by atomic mass is 127. The molecule has 1 aromatic carbocycles. The van der Waals surface area contributed by atoms with E-state index < -0.39 is 208 Å². The van der Waals surface area contributed by atoms with Crippen LogP contribution in [0.4, 0.5) is 9.59 Å². The fraction of sp³-hybridized carbons (Fsp3) is 0.739. The average Bonchev–Trinajstić information content (AvgIpc) is 1.51. The number of carboxylic acids is 1. The molecule has 5 amide bonds. The van der Waals surface area contributed by atoms with Crippen molar-refractivity contribution in [1.82, 2.24) is 32.1 Å². The van der Waals surface area contributed by atoms with Crippen molar-refractivity contribution < 1.29 is 135 Å². The summed E-state index contributed by atoms with van der Waals surface area (Å²) in [6.07, 6.45) is -13.8. The lowest BCUT2D eigenvalue weighted by atomic mass is 9.44. The summed E-state index contributed by atoms with van der Waals surface area (Å²) < 4.78 is 73.2. The molecule has 35 nitrogen and oxygen atoms in total. The fourth-order valence-electron chi connectivity index (χ4n) is 17.6. The van der Waals surface area contributed by atoms with Crippen molar-refractivity contribution in [3.63, 3.8) is 0 Å². The Bertz CT molecular complexity index is 4200. The van der Waals surface area contributed by atoms with Gasteiger partial charge in [0, 0.05) is 106 Å². The Morgan fingerprint density at radius 2 is 1.50 bits per heavy atom. The summed E-state index contributed by atoms with van der Waals surface area (Å²) in [5.74, 6) is 5.26. The van der Waals surface area contributed by atoms with Gasteiger partial charge in [-0.1, -0.05) is 83.9 Å². The predicted octanol–water partition coefficient (Wildman–Crippen LogP) is 6.53. The minimum atomic E-state index is -2.00. The van der Waals surface area contributed by atoms with Gasteiger partial charge in [0.05, 0.1) is 95.2 Å². The van der Waals surface area contributed by atoms with Crippen LogP contribution in [-0.2, 0) is 76.2 Å². The van der Waals surface area contributed by atoms with E-state index in [4.69, 9.17) is 67.4 Å². The average molecular weight is 1960 g/mol. The number of likely N-dealkylation sites (N-methyl/N-ethyl adjacent to an activating group) is 1. The molecule has 0 radical (unpaired) electrons. The van der Waals surface area contributed by atoms with Gasteiger partial charge in [-0.15, -0.1) is 0 Å².